The van der Waals surface area contributed by atoms with Gasteiger partial charge in [-0.3, -0.25) is 0 Å². The van der Waals surface area contributed by atoms with Crippen LogP contribution in [-0.4, -0.2) is 29.4 Å². The summed E-state index contributed by atoms with van der Waals surface area (Å²) in [6.07, 6.45) is 0. The zero-order valence-electron chi connectivity index (χ0n) is 16.8. The zero-order valence-corrected chi connectivity index (χ0v) is 16.8. The summed E-state index contributed by atoms with van der Waals surface area (Å²) in [5.41, 5.74) is 11.2. The van der Waals surface area contributed by atoms with Crippen molar-refractivity contribution in [2.45, 2.75) is 5.41 Å². The van der Waals surface area contributed by atoms with Crippen LogP contribution in [-0.2, 0) is 5.41 Å². The van der Waals surface area contributed by atoms with Crippen LogP contribution in [0.5, 0.6) is 0 Å². The Morgan fingerprint density at radius 1 is 0.516 bits per heavy atom. The van der Waals surface area contributed by atoms with Crippen molar-refractivity contribution in [1.29, 1.82) is 0 Å². The molecule has 0 N–H and O–H groups in total. The molecule has 31 heavy (non-hydrogen) atoms. The molecular weight excluding hydrogens is 372 g/mol. The summed E-state index contributed by atoms with van der Waals surface area (Å²) in [7, 11) is 11.2. The molecule has 0 heterocycles. The van der Waals surface area contributed by atoms with Gasteiger partial charge in [-0.1, -0.05) is 0 Å². The summed E-state index contributed by atoms with van der Waals surface area (Å²) in [4.78, 5) is 8.75. The fourth-order valence-electron chi connectivity index (χ4n) is 5.45. The van der Waals surface area contributed by atoms with E-state index in [2.05, 4.69) is 82.6 Å². The normalized spacial score (nSPS) is 17.3. The first-order valence-corrected chi connectivity index (χ1v) is 10.3. The number of benzene rings is 4. The monoisotopic (exact) mass is 386 g/mol. The van der Waals surface area contributed by atoms with Crippen LogP contribution in [0.1, 0.15) is 22.3 Å². The van der Waals surface area contributed by atoms with E-state index in [0.717, 1.165) is 11.4 Å². The Labute approximate surface area is 185 Å². The van der Waals surface area contributed by atoms with Crippen LogP contribution >= 0.6 is 0 Å². The van der Waals surface area contributed by atoms with Crippen LogP contribution in [0.2, 0.25) is 0 Å². The van der Waals surface area contributed by atoms with E-state index in [1.54, 1.807) is 0 Å². The molecule has 6 heteroatoms. The molecule has 0 saturated heterocycles. The summed E-state index contributed by atoms with van der Waals surface area (Å²) in [5, 5.41) is 0. The zero-order chi connectivity index (χ0) is 21.0. The van der Waals surface area contributed by atoms with E-state index in [1.165, 1.54) is 58.4 Å². The molecule has 4 aromatic rings. The van der Waals surface area contributed by atoms with Gasteiger partial charge < -0.3 is 0 Å². The Bertz CT molecular complexity index is 1320. The molecule has 136 valence electrons. The number of fused-ring (bicyclic) bond motifs is 10. The Morgan fingerprint density at radius 2 is 0.935 bits per heavy atom. The third-order valence-electron chi connectivity index (χ3n) is 6.50. The molecule has 0 aromatic heterocycles. The van der Waals surface area contributed by atoms with Gasteiger partial charge in [-0.2, -0.15) is 0 Å². The number of nitrogens with zero attached hydrogens (tertiary/aromatic N) is 2. The summed E-state index contributed by atoms with van der Waals surface area (Å²) < 4.78 is 0. The SMILES string of the molecule is [B]B=Nc1ccc2c(c1)C1(c3ccccc3-2)c2ccccc2-c2ccc(N=B[B])cc21. The van der Waals surface area contributed by atoms with Gasteiger partial charge in [0.2, 0.25) is 0 Å². The van der Waals surface area contributed by atoms with E-state index in [9.17, 15) is 0 Å². The molecule has 0 amide bonds. The number of hydrogen-bond acceptors (Lipinski definition) is 2. The van der Waals surface area contributed by atoms with Crippen LogP contribution in [0.25, 0.3) is 22.3 Å². The van der Waals surface area contributed by atoms with Crippen LogP contribution in [0, 0.1) is 0 Å². The van der Waals surface area contributed by atoms with Gasteiger partial charge in [0.15, 0.2) is 0 Å². The van der Waals surface area contributed by atoms with Crippen molar-refractivity contribution in [3.05, 3.63) is 107 Å². The van der Waals surface area contributed by atoms with Crippen molar-refractivity contribution in [3.8, 4) is 22.3 Å². The number of hydrogen-bond donors (Lipinski definition) is 0. The molecule has 0 aliphatic heterocycles. The Hall–Kier alpha value is -3.26. The predicted molar refractivity (Wildman–Crippen MR) is 130 cm³/mol. The summed E-state index contributed by atoms with van der Waals surface area (Å²) >= 11 is 0. The molecule has 0 unspecified atom stereocenters. The molecule has 2 aliphatic carbocycles. The quantitative estimate of drug-likeness (QED) is 0.364. The number of rotatable bonds is 2. The maximum absolute atomic E-state index is 5.62. The Morgan fingerprint density at radius 3 is 1.39 bits per heavy atom. The molecular formula is C25H14B4N2. The fraction of sp³-hybridized carbons (Fsp3) is 0.0400. The van der Waals surface area contributed by atoms with Crippen molar-refractivity contribution in [1.82, 2.24) is 0 Å². The van der Waals surface area contributed by atoms with Gasteiger partial charge in [0.25, 0.3) is 0 Å². The molecule has 6 rings (SSSR count). The summed E-state index contributed by atoms with van der Waals surface area (Å²) in [6.45, 7) is 2.70. The topological polar surface area (TPSA) is 24.7 Å². The standard InChI is InChI=1S/C25H14B4N2/c26-28-30-15-9-11-19-17-5-1-3-7-21(17)25(23(19)13-15)22-8-4-2-6-18(22)20-12-10-16(31-29-27)14-24(20)25/h1-14H. The average molecular weight is 386 g/mol. The van der Waals surface area contributed by atoms with Gasteiger partial charge in [-0.25, -0.2) is 0 Å². The van der Waals surface area contributed by atoms with Crippen LogP contribution in [0.4, 0.5) is 11.4 Å². The molecule has 2 aliphatic rings. The van der Waals surface area contributed by atoms with Crippen molar-refractivity contribution in [2.24, 2.45) is 9.79 Å². The van der Waals surface area contributed by atoms with E-state index in [-0.39, 0.29) is 0 Å². The second-order valence-electron chi connectivity index (χ2n) is 7.86. The molecule has 0 fully saturated rings. The first-order chi connectivity index (χ1) is 15.3. The van der Waals surface area contributed by atoms with E-state index in [0.29, 0.717) is 0 Å². The van der Waals surface area contributed by atoms with E-state index in [1.807, 2.05) is 12.1 Å². The van der Waals surface area contributed by atoms with E-state index < -0.39 is 5.41 Å². The van der Waals surface area contributed by atoms with Crippen molar-refractivity contribution < 1.29 is 0 Å². The summed E-state index contributed by atoms with van der Waals surface area (Å²) in [6, 6.07) is 30.0. The molecule has 0 atom stereocenters. The second kappa shape index (κ2) is 6.88. The van der Waals surface area contributed by atoms with Crippen molar-refractivity contribution in [3.63, 3.8) is 0 Å². The van der Waals surface area contributed by atoms with Crippen LogP contribution in [0.3, 0.4) is 0 Å². The van der Waals surface area contributed by atoms with Gasteiger partial charge in [-0.05, 0) is 0 Å². The Balaban J connectivity index is 1.81. The first-order valence-electron chi connectivity index (χ1n) is 10.3. The molecule has 4 aromatic carbocycles. The van der Waals surface area contributed by atoms with Gasteiger partial charge in [0, 0.05) is 0 Å². The third kappa shape index (κ3) is 2.39. The van der Waals surface area contributed by atoms with E-state index in [4.69, 9.17) is 15.5 Å². The fourth-order valence-corrected chi connectivity index (χ4v) is 5.45. The van der Waals surface area contributed by atoms with E-state index >= 15 is 0 Å². The van der Waals surface area contributed by atoms with Gasteiger partial charge in [0.05, 0.1) is 0 Å². The third-order valence-corrected chi connectivity index (χ3v) is 6.50. The van der Waals surface area contributed by atoms with Crippen LogP contribution in [0.15, 0.2) is 94.7 Å². The minimum atomic E-state index is -0.432. The second-order valence-corrected chi connectivity index (χ2v) is 7.86. The first kappa shape index (κ1) is 18.5. The molecule has 0 bridgehead atoms. The summed E-state index contributed by atoms with van der Waals surface area (Å²) in [5.74, 6) is 0. The average Bonchev–Trinajstić information content (AvgIpc) is 3.26. The van der Waals surface area contributed by atoms with Gasteiger partial charge in [-0.15, -0.1) is 0 Å². The van der Waals surface area contributed by atoms with Crippen molar-refractivity contribution >= 4 is 40.8 Å². The van der Waals surface area contributed by atoms with Crippen molar-refractivity contribution in [2.75, 3.05) is 0 Å². The minimum absolute atomic E-state index is 0.432. The van der Waals surface area contributed by atoms with Crippen LogP contribution < -0.4 is 0 Å². The molecule has 1 spiro atoms. The van der Waals surface area contributed by atoms with Gasteiger partial charge in [0.1, 0.15) is 0 Å². The molecule has 2 nitrogen and oxygen atoms in total. The Kier molecular flexibility index (Phi) is 4.11. The maximum atomic E-state index is 5.62. The molecule has 4 radical (unpaired) electrons. The van der Waals surface area contributed by atoms with Gasteiger partial charge >= 0.3 is 185 Å². The predicted octanol–water partition coefficient (Wildman–Crippen LogP) is 5.24. The molecule has 0 saturated carbocycles.